The minimum Gasteiger partial charge on any atom is -0.508 e. The molecule has 0 saturated carbocycles. The van der Waals surface area contributed by atoms with Crippen LogP contribution in [0.25, 0.3) is 0 Å². The molecule has 7 nitrogen and oxygen atoms in total. The number of carbonyl (C=O) groups excluding carboxylic acids is 2. The van der Waals surface area contributed by atoms with Gasteiger partial charge in [0.1, 0.15) is 5.75 Å². The van der Waals surface area contributed by atoms with Gasteiger partial charge in [0, 0.05) is 19.2 Å². The molecular weight excluding hydrogens is 320 g/mol. The molecule has 0 aliphatic rings. The summed E-state index contributed by atoms with van der Waals surface area (Å²) in [4.78, 5) is 23.1. The molecule has 2 aromatic rings. The topological polar surface area (TPSA) is 94.4 Å². The van der Waals surface area contributed by atoms with Crippen LogP contribution in [0, 0.1) is 0 Å². The number of nitrogens with zero attached hydrogens (tertiary/aromatic N) is 3. The van der Waals surface area contributed by atoms with E-state index in [0.29, 0.717) is 24.2 Å². The van der Waals surface area contributed by atoms with Crippen molar-refractivity contribution in [1.29, 1.82) is 0 Å². The predicted molar refractivity (Wildman–Crippen MR) is 93.9 cm³/mol. The van der Waals surface area contributed by atoms with Crippen LogP contribution in [0.3, 0.4) is 0 Å². The first-order valence-corrected chi connectivity index (χ1v) is 7.78. The van der Waals surface area contributed by atoms with E-state index in [9.17, 15) is 14.7 Å². The molecule has 0 aromatic heterocycles. The van der Waals surface area contributed by atoms with Crippen LogP contribution < -0.4 is 5.32 Å². The maximum absolute atomic E-state index is 11.9. The van der Waals surface area contributed by atoms with Crippen LogP contribution in [0.2, 0.25) is 0 Å². The lowest BCUT2D eigenvalue weighted by molar-refractivity contribution is 0.101. The number of hydrogen-bond acceptors (Lipinski definition) is 5. The highest BCUT2D eigenvalue weighted by molar-refractivity contribution is 5.94. The van der Waals surface area contributed by atoms with Gasteiger partial charge in [-0.3, -0.25) is 4.79 Å². The molecule has 25 heavy (non-hydrogen) atoms. The molecule has 130 valence electrons. The summed E-state index contributed by atoms with van der Waals surface area (Å²) >= 11 is 0. The number of ketones is 1. The minimum atomic E-state index is -0.372. The van der Waals surface area contributed by atoms with E-state index in [2.05, 4.69) is 15.7 Å². The fraction of sp³-hybridized carbons (Fsp3) is 0.222. The Morgan fingerprint density at radius 3 is 2.32 bits per heavy atom. The first-order chi connectivity index (χ1) is 12.0. The summed E-state index contributed by atoms with van der Waals surface area (Å²) in [6.07, 6.45) is 0.642. The van der Waals surface area contributed by atoms with E-state index in [1.807, 2.05) is 0 Å². The van der Waals surface area contributed by atoms with Crippen molar-refractivity contribution in [3.05, 3.63) is 59.7 Å². The van der Waals surface area contributed by atoms with Crippen molar-refractivity contribution in [2.24, 2.45) is 10.3 Å². The van der Waals surface area contributed by atoms with Gasteiger partial charge < -0.3 is 10.4 Å². The Kier molecular flexibility index (Phi) is 6.22. The van der Waals surface area contributed by atoms with Crippen molar-refractivity contribution in [2.75, 3.05) is 13.6 Å². The van der Waals surface area contributed by atoms with Crippen molar-refractivity contribution in [3.8, 4) is 5.75 Å². The van der Waals surface area contributed by atoms with Crippen LogP contribution in [0.4, 0.5) is 10.5 Å². The van der Waals surface area contributed by atoms with Gasteiger partial charge in [-0.05, 0) is 55.3 Å². The molecule has 0 unspecified atom stereocenters. The van der Waals surface area contributed by atoms with E-state index < -0.39 is 0 Å². The van der Waals surface area contributed by atoms with Gasteiger partial charge in [-0.25, -0.2) is 4.79 Å². The molecule has 0 radical (unpaired) electrons. The average molecular weight is 340 g/mol. The molecule has 2 rings (SSSR count). The van der Waals surface area contributed by atoms with Gasteiger partial charge in [0.05, 0.1) is 5.69 Å². The number of carbonyl (C=O) groups is 2. The largest absolute Gasteiger partial charge is 0.508 e. The number of amides is 2. The van der Waals surface area contributed by atoms with E-state index in [0.717, 1.165) is 10.6 Å². The monoisotopic (exact) mass is 340 g/mol. The van der Waals surface area contributed by atoms with Gasteiger partial charge in [-0.15, -0.1) is 5.11 Å². The van der Waals surface area contributed by atoms with Gasteiger partial charge in [-0.1, -0.05) is 17.4 Å². The number of rotatable bonds is 6. The Bertz CT molecular complexity index is 755. The van der Waals surface area contributed by atoms with Crippen LogP contribution in [-0.2, 0) is 6.42 Å². The van der Waals surface area contributed by atoms with Crippen LogP contribution in [0.15, 0.2) is 58.9 Å². The van der Waals surface area contributed by atoms with Crippen LogP contribution in [-0.4, -0.2) is 35.5 Å². The zero-order valence-electron chi connectivity index (χ0n) is 14.1. The predicted octanol–water partition coefficient (Wildman–Crippen LogP) is 3.48. The van der Waals surface area contributed by atoms with E-state index in [4.69, 9.17) is 0 Å². The fourth-order valence-corrected chi connectivity index (χ4v) is 2.01. The van der Waals surface area contributed by atoms with Crippen LogP contribution in [0.5, 0.6) is 5.75 Å². The molecule has 0 bridgehead atoms. The molecule has 2 N–H and O–H groups in total. The maximum atomic E-state index is 11.9. The summed E-state index contributed by atoms with van der Waals surface area (Å²) in [5, 5.41) is 20.9. The summed E-state index contributed by atoms with van der Waals surface area (Å²) in [6, 6.07) is 13.1. The zero-order valence-corrected chi connectivity index (χ0v) is 14.1. The molecule has 0 heterocycles. The van der Waals surface area contributed by atoms with Gasteiger partial charge in [-0.2, -0.15) is 5.01 Å². The third-order valence-electron chi connectivity index (χ3n) is 3.49. The molecule has 7 heteroatoms. The number of hydrogen-bond donors (Lipinski definition) is 2. The lowest BCUT2D eigenvalue weighted by Crippen LogP contribution is -2.34. The number of Topliss-reactive ketones (excluding diaryl/α,β-unsaturated/α-hetero) is 1. The molecule has 0 spiro atoms. The number of phenols is 1. The van der Waals surface area contributed by atoms with Gasteiger partial charge >= 0.3 is 6.03 Å². The van der Waals surface area contributed by atoms with Crippen molar-refractivity contribution >= 4 is 17.5 Å². The molecule has 2 aromatic carbocycles. The Labute approximate surface area is 146 Å². The summed E-state index contributed by atoms with van der Waals surface area (Å²) in [7, 11) is 1.50. The van der Waals surface area contributed by atoms with Crippen LogP contribution >= 0.6 is 0 Å². The average Bonchev–Trinajstić information content (AvgIpc) is 2.61. The molecule has 0 saturated heterocycles. The highest BCUT2D eigenvalue weighted by atomic mass is 16.3. The Balaban J connectivity index is 1.80. The lowest BCUT2D eigenvalue weighted by atomic mass is 10.1. The third kappa shape index (κ3) is 5.72. The second kappa shape index (κ2) is 8.58. The van der Waals surface area contributed by atoms with Crippen molar-refractivity contribution in [3.63, 3.8) is 0 Å². The van der Waals surface area contributed by atoms with Gasteiger partial charge in [0.2, 0.25) is 0 Å². The smallest absolute Gasteiger partial charge is 0.338 e. The SMILES string of the molecule is CC(=O)c1ccc(N=NN(C)C(=O)NCCc2ccc(O)cc2)cc1. The Hall–Kier alpha value is -3.22. The Morgan fingerprint density at radius 1 is 1.08 bits per heavy atom. The Morgan fingerprint density at radius 2 is 1.72 bits per heavy atom. The highest BCUT2D eigenvalue weighted by Crippen LogP contribution is 2.14. The van der Waals surface area contributed by atoms with Crippen molar-refractivity contribution < 1.29 is 14.7 Å². The molecule has 0 aliphatic heterocycles. The summed E-state index contributed by atoms with van der Waals surface area (Å²) in [5.41, 5.74) is 2.15. The standard InChI is InChI=1S/C18H20N4O3/c1-13(23)15-5-7-16(8-6-15)20-21-22(2)18(25)19-12-11-14-3-9-17(24)10-4-14/h3-10,24H,11-12H2,1-2H3,(H,19,25). The second-order valence-electron chi connectivity index (χ2n) is 5.46. The van der Waals surface area contributed by atoms with E-state index in [1.165, 1.54) is 14.0 Å². The molecule has 0 aliphatic carbocycles. The number of urea groups is 1. The lowest BCUT2D eigenvalue weighted by Gasteiger charge is -2.11. The fourth-order valence-electron chi connectivity index (χ4n) is 2.01. The molecule has 2 amide bonds. The molecular formula is C18H20N4O3. The first kappa shape index (κ1) is 18.1. The molecule has 0 atom stereocenters. The van der Waals surface area contributed by atoms with E-state index >= 15 is 0 Å². The minimum absolute atomic E-state index is 0.0198. The highest BCUT2D eigenvalue weighted by Gasteiger charge is 2.06. The van der Waals surface area contributed by atoms with E-state index in [-0.39, 0.29) is 17.6 Å². The zero-order chi connectivity index (χ0) is 18.2. The summed E-state index contributed by atoms with van der Waals surface area (Å²) < 4.78 is 0. The van der Waals surface area contributed by atoms with Crippen LogP contribution in [0.1, 0.15) is 22.8 Å². The quantitative estimate of drug-likeness (QED) is 0.479. The number of benzene rings is 2. The van der Waals surface area contributed by atoms with Crippen molar-refractivity contribution in [1.82, 2.24) is 10.3 Å². The number of aromatic hydroxyl groups is 1. The normalized spacial score (nSPS) is 10.6. The molecule has 0 fully saturated rings. The van der Waals surface area contributed by atoms with Crippen molar-refractivity contribution in [2.45, 2.75) is 13.3 Å². The maximum Gasteiger partial charge on any atom is 0.338 e. The van der Waals surface area contributed by atoms with E-state index in [1.54, 1.807) is 48.5 Å². The first-order valence-electron chi connectivity index (χ1n) is 7.78. The number of phenolic OH excluding ortho intramolecular Hbond substituents is 1. The number of nitrogens with one attached hydrogen (secondary N) is 1. The third-order valence-corrected chi connectivity index (χ3v) is 3.49. The van der Waals surface area contributed by atoms with Gasteiger partial charge in [0.25, 0.3) is 0 Å². The van der Waals surface area contributed by atoms with Gasteiger partial charge in [0.15, 0.2) is 5.78 Å². The summed E-state index contributed by atoms with van der Waals surface area (Å²) in [6.45, 7) is 1.93. The second-order valence-corrected chi connectivity index (χ2v) is 5.46. The summed E-state index contributed by atoms with van der Waals surface area (Å²) in [5.74, 6) is 0.192.